The highest BCUT2D eigenvalue weighted by Gasteiger charge is 2.23. The summed E-state index contributed by atoms with van der Waals surface area (Å²) in [5, 5.41) is 12.1. The molecule has 6 heteroatoms. The highest BCUT2D eigenvalue weighted by molar-refractivity contribution is 5.71. The van der Waals surface area contributed by atoms with Crippen LogP contribution in [0.1, 0.15) is 45.1 Å². The van der Waals surface area contributed by atoms with Crippen molar-refractivity contribution in [2.75, 3.05) is 5.73 Å². The molecular weight excluding hydrogens is 269 g/mol. The Morgan fingerprint density at radius 3 is 2.90 bits per heavy atom. The molecule has 1 aliphatic carbocycles. The molecule has 0 radical (unpaired) electrons. The number of halogens is 1. The van der Waals surface area contributed by atoms with Gasteiger partial charge in [-0.2, -0.15) is 0 Å². The van der Waals surface area contributed by atoms with Crippen molar-refractivity contribution in [2.24, 2.45) is 5.92 Å². The fraction of sp³-hybridized carbons (Fsp3) is 0.533. The summed E-state index contributed by atoms with van der Waals surface area (Å²) in [6.07, 6.45) is 5.77. The molecule has 2 unspecified atom stereocenters. The van der Waals surface area contributed by atoms with Gasteiger partial charge in [0.2, 0.25) is 0 Å². The first kappa shape index (κ1) is 14.0. The standard InChI is InChI=1S/C15H20FN5/c1-10-3-2-4-12(7-5-10)21-15(18-19-20-21)13-8-6-11(16)9-14(13)17/h6,8-10,12H,2-5,7,17H2,1H3. The van der Waals surface area contributed by atoms with Crippen LogP contribution < -0.4 is 5.73 Å². The molecule has 1 fully saturated rings. The Hall–Kier alpha value is -1.98. The van der Waals surface area contributed by atoms with Crippen molar-refractivity contribution in [3.63, 3.8) is 0 Å². The lowest BCUT2D eigenvalue weighted by molar-refractivity contribution is 0.394. The third kappa shape index (κ3) is 2.89. The van der Waals surface area contributed by atoms with E-state index in [1.807, 2.05) is 4.68 Å². The predicted molar refractivity (Wildman–Crippen MR) is 78.9 cm³/mol. The molecule has 112 valence electrons. The molecule has 1 aromatic heterocycles. The van der Waals surface area contributed by atoms with Crippen LogP contribution in [-0.4, -0.2) is 20.2 Å². The summed E-state index contributed by atoms with van der Waals surface area (Å²) >= 11 is 0. The van der Waals surface area contributed by atoms with E-state index in [1.165, 1.54) is 31.4 Å². The average molecular weight is 289 g/mol. The number of benzene rings is 1. The first-order valence-electron chi connectivity index (χ1n) is 7.48. The first-order valence-corrected chi connectivity index (χ1v) is 7.48. The van der Waals surface area contributed by atoms with Crippen molar-refractivity contribution in [3.8, 4) is 11.4 Å². The molecule has 2 atom stereocenters. The zero-order chi connectivity index (χ0) is 14.8. The van der Waals surface area contributed by atoms with Gasteiger partial charge in [0.05, 0.1) is 6.04 Å². The first-order chi connectivity index (χ1) is 10.1. The zero-order valence-electron chi connectivity index (χ0n) is 12.2. The molecule has 2 aromatic rings. The molecule has 5 nitrogen and oxygen atoms in total. The number of nitrogens with two attached hydrogens (primary N) is 1. The summed E-state index contributed by atoms with van der Waals surface area (Å²) in [4.78, 5) is 0. The van der Waals surface area contributed by atoms with Gasteiger partial charge < -0.3 is 5.73 Å². The maximum absolute atomic E-state index is 13.2. The molecule has 0 aliphatic heterocycles. The summed E-state index contributed by atoms with van der Waals surface area (Å²) in [7, 11) is 0. The van der Waals surface area contributed by atoms with Crippen LogP contribution in [0.15, 0.2) is 18.2 Å². The van der Waals surface area contributed by atoms with E-state index in [9.17, 15) is 4.39 Å². The van der Waals surface area contributed by atoms with Crippen molar-refractivity contribution >= 4 is 5.69 Å². The summed E-state index contributed by atoms with van der Waals surface area (Å²) < 4.78 is 15.1. The molecule has 0 amide bonds. The fourth-order valence-electron chi connectivity index (χ4n) is 3.07. The average Bonchev–Trinajstić information content (AvgIpc) is 2.82. The normalized spacial score (nSPS) is 23.0. The molecule has 0 bridgehead atoms. The number of anilines is 1. The lowest BCUT2D eigenvalue weighted by atomic mass is 10.0. The topological polar surface area (TPSA) is 69.6 Å². The van der Waals surface area contributed by atoms with Gasteiger partial charge >= 0.3 is 0 Å². The van der Waals surface area contributed by atoms with E-state index in [1.54, 1.807) is 6.07 Å². The summed E-state index contributed by atoms with van der Waals surface area (Å²) in [5.41, 5.74) is 6.98. The van der Waals surface area contributed by atoms with Crippen molar-refractivity contribution in [1.82, 2.24) is 20.2 Å². The molecular formula is C15H20FN5. The molecule has 0 spiro atoms. The van der Waals surface area contributed by atoms with E-state index >= 15 is 0 Å². The Labute approximate surface area is 123 Å². The Balaban J connectivity index is 1.93. The van der Waals surface area contributed by atoms with Crippen LogP contribution in [0.2, 0.25) is 0 Å². The van der Waals surface area contributed by atoms with Gasteiger partial charge in [0, 0.05) is 11.3 Å². The minimum atomic E-state index is -0.349. The number of nitrogens with zero attached hydrogens (tertiary/aromatic N) is 4. The smallest absolute Gasteiger partial charge is 0.184 e. The minimum absolute atomic E-state index is 0.296. The monoisotopic (exact) mass is 289 g/mol. The summed E-state index contributed by atoms with van der Waals surface area (Å²) in [6, 6.07) is 4.64. The Morgan fingerprint density at radius 2 is 2.10 bits per heavy atom. The quantitative estimate of drug-likeness (QED) is 0.681. The van der Waals surface area contributed by atoms with Gasteiger partial charge in [0.1, 0.15) is 5.82 Å². The Bertz CT molecular complexity index is 624. The number of aromatic nitrogens is 4. The zero-order valence-corrected chi connectivity index (χ0v) is 12.2. The highest BCUT2D eigenvalue weighted by atomic mass is 19.1. The number of tetrazole rings is 1. The van der Waals surface area contributed by atoms with Crippen LogP contribution in [0.4, 0.5) is 10.1 Å². The van der Waals surface area contributed by atoms with E-state index in [0.717, 1.165) is 18.8 Å². The Morgan fingerprint density at radius 1 is 1.24 bits per heavy atom. The van der Waals surface area contributed by atoms with Gasteiger partial charge in [0.25, 0.3) is 0 Å². The van der Waals surface area contributed by atoms with Crippen LogP contribution in [0.3, 0.4) is 0 Å². The second-order valence-electron chi connectivity index (χ2n) is 5.95. The third-order valence-electron chi connectivity index (χ3n) is 4.32. The lowest BCUT2D eigenvalue weighted by Gasteiger charge is -2.16. The predicted octanol–water partition coefficient (Wildman–Crippen LogP) is 3.20. The van der Waals surface area contributed by atoms with Gasteiger partial charge in [-0.25, -0.2) is 9.07 Å². The van der Waals surface area contributed by atoms with Crippen LogP contribution in [-0.2, 0) is 0 Å². The molecule has 0 saturated heterocycles. The van der Waals surface area contributed by atoms with Crippen LogP contribution in [0.5, 0.6) is 0 Å². The summed E-state index contributed by atoms with van der Waals surface area (Å²) in [5.74, 6) is 1.04. The largest absolute Gasteiger partial charge is 0.398 e. The fourth-order valence-corrected chi connectivity index (χ4v) is 3.07. The second-order valence-corrected chi connectivity index (χ2v) is 5.95. The highest BCUT2D eigenvalue weighted by Crippen LogP contribution is 2.33. The van der Waals surface area contributed by atoms with Crippen LogP contribution >= 0.6 is 0 Å². The van der Waals surface area contributed by atoms with E-state index < -0.39 is 0 Å². The molecule has 1 aromatic carbocycles. The van der Waals surface area contributed by atoms with Gasteiger partial charge in [-0.3, -0.25) is 0 Å². The molecule has 1 aliphatic rings. The molecule has 3 rings (SSSR count). The molecule has 1 heterocycles. The van der Waals surface area contributed by atoms with E-state index in [-0.39, 0.29) is 5.82 Å². The lowest BCUT2D eigenvalue weighted by Crippen LogP contribution is -2.12. The molecule has 2 N–H and O–H groups in total. The SMILES string of the molecule is CC1CCCC(n2nnnc2-c2ccc(F)cc2N)CC1. The van der Waals surface area contributed by atoms with Crippen molar-refractivity contribution in [3.05, 3.63) is 24.0 Å². The van der Waals surface area contributed by atoms with Gasteiger partial charge in [-0.15, -0.1) is 5.10 Å². The van der Waals surface area contributed by atoms with E-state index in [2.05, 4.69) is 22.4 Å². The van der Waals surface area contributed by atoms with Crippen LogP contribution in [0.25, 0.3) is 11.4 Å². The molecule has 1 saturated carbocycles. The third-order valence-corrected chi connectivity index (χ3v) is 4.32. The van der Waals surface area contributed by atoms with Crippen molar-refractivity contribution in [1.29, 1.82) is 0 Å². The summed E-state index contributed by atoms with van der Waals surface area (Å²) in [6.45, 7) is 2.29. The number of hydrogen-bond donors (Lipinski definition) is 1. The second kappa shape index (κ2) is 5.79. The van der Waals surface area contributed by atoms with Gasteiger partial charge in [0.15, 0.2) is 5.82 Å². The van der Waals surface area contributed by atoms with Gasteiger partial charge in [-0.05, 0) is 53.8 Å². The minimum Gasteiger partial charge on any atom is -0.398 e. The number of nitrogen functional groups attached to an aromatic ring is 1. The van der Waals surface area contributed by atoms with E-state index in [4.69, 9.17) is 5.73 Å². The van der Waals surface area contributed by atoms with Gasteiger partial charge in [-0.1, -0.05) is 19.8 Å². The maximum Gasteiger partial charge on any atom is 0.184 e. The van der Waals surface area contributed by atoms with Crippen molar-refractivity contribution in [2.45, 2.75) is 45.1 Å². The molecule has 21 heavy (non-hydrogen) atoms. The number of hydrogen-bond acceptors (Lipinski definition) is 4. The maximum atomic E-state index is 13.2. The number of rotatable bonds is 2. The van der Waals surface area contributed by atoms with Crippen LogP contribution in [0, 0.1) is 11.7 Å². The van der Waals surface area contributed by atoms with Crippen molar-refractivity contribution < 1.29 is 4.39 Å². The Kier molecular flexibility index (Phi) is 3.86. The van der Waals surface area contributed by atoms with E-state index in [0.29, 0.717) is 23.1 Å².